The van der Waals surface area contributed by atoms with Crippen LogP contribution in [0.1, 0.15) is 10.4 Å². The Morgan fingerprint density at radius 1 is 1.20 bits per heavy atom. The molecule has 9 nitrogen and oxygen atoms in total. The van der Waals surface area contributed by atoms with Crippen molar-refractivity contribution >= 4 is 40.4 Å². The van der Waals surface area contributed by atoms with Crippen molar-refractivity contribution in [3.63, 3.8) is 0 Å². The Morgan fingerprint density at radius 2 is 2.06 bits per heavy atom. The number of nitrogens with one attached hydrogen (secondary N) is 2. The van der Waals surface area contributed by atoms with Gasteiger partial charge in [-0.25, -0.2) is 4.98 Å². The summed E-state index contributed by atoms with van der Waals surface area (Å²) in [6.07, 6.45) is 2.80. The van der Waals surface area contributed by atoms with Crippen molar-refractivity contribution in [1.82, 2.24) is 19.8 Å². The van der Waals surface area contributed by atoms with Gasteiger partial charge in [0.25, 0.3) is 0 Å². The second kappa shape index (κ2) is 11.5. The van der Waals surface area contributed by atoms with E-state index in [9.17, 15) is 4.79 Å². The summed E-state index contributed by atoms with van der Waals surface area (Å²) < 4.78 is 5.57. The molecule has 4 rings (SSSR count). The van der Waals surface area contributed by atoms with Gasteiger partial charge in [-0.05, 0) is 62.8 Å². The van der Waals surface area contributed by atoms with Crippen LogP contribution >= 0.6 is 11.3 Å². The van der Waals surface area contributed by atoms with E-state index in [2.05, 4.69) is 36.9 Å². The number of ether oxygens (including phenoxy) is 1. The lowest BCUT2D eigenvalue weighted by atomic mass is 10.1. The molecule has 2 N–H and O–H groups in total. The largest absolute Gasteiger partial charge is 0.494 e. The molecule has 0 atom stereocenters. The molecule has 3 heterocycles. The predicted molar refractivity (Wildman–Crippen MR) is 142 cm³/mol. The van der Waals surface area contributed by atoms with Gasteiger partial charge in [-0.3, -0.25) is 9.69 Å². The molecule has 3 aromatic rings. The Kier molecular flexibility index (Phi) is 8.17. The number of anilines is 4. The van der Waals surface area contributed by atoms with E-state index in [1.54, 1.807) is 19.4 Å². The molecule has 1 aliphatic rings. The summed E-state index contributed by atoms with van der Waals surface area (Å²) in [7, 11) is 7.58. The van der Waals surface area contributed by atoms with Gasteiger partial charge in [0.2, 0.25) is 11.9 Å². The second-order valence-electron chi connectivity index (χ2n) is 8.91. The lowest BCUT2D eigenvalue weighted by Gasteiger charge is -2.28. The molecule has 2 aromatic heterocycles. The van der Waals surface area contributed by atoms with Crippen molar-refractivity contribution in [3.8, 4) is 5.75 Å². The quantitative estimate of drug-likeness (QED) is 0.443. The molecule has 0 fully saturated rings. The van der Waals surface area contributed by atoms with Crippen LogP contribution in [0, 0.1) is 0 Å². The molecule has 0 radical (unpaired) electrons. The molecule has 0 spiro atoms. The molecule has 186 valence electrons. The Balaban J connectivity index is 1.39. The number of hydrogen-bond acceptors (Lipinski definition) is 9. The van der Waals surface area contributed by atoms with Crippen LogP contribution in [-0.2, 0) is 17.8 Å². The number of carbonyl (C=O) groups is 1. The number of hydrogen-bond donors (Lipinski definition) is 2. The maximum absolute atomic E-state index is 12.4. The minimum absolute atomic E-state index is 0.0691. The zero-order valence-electron chi connectivity index (χ0n) is 20.7. The first-order chi connectivity index (χ1) is 16.9. The highest BCUT2D eigenvalue weighted by Gasteiger charge is 2.19. The van der Waals surface area contributed by atoms with E-state index in [0.717, 1.165) is 44.1 Å². The number of likely N-dealkylation sites (N-methyl/N-ethyl adjacent to an activating group) is 2. The summed E-state index contributed by atoms with van der Waals surface area (Å²) in [5.74, 6) is 1.91. The van der Waals surface area contributed by atoms with E-state index in [1.165, 1.54) is 10.4 Å². The van der Waals surface area contributed by atoms with Crippen molar-refractivity contribution in [1.29, 1.82) is 0 Å². The van der Waals surface area contributed by atoms with E-state index in [0.29, 0.717) is 23.9 Å². The topological polar surface area (TPSA) is 85.9 Å². The van der Waals surface area contributed by atoms with Crippen LogP contribution < -0.4 is 20.3 Å². The first-order valence-corrected chi connectivity index (χ1v) is 12.5. The maximum atomic E-state index is 12.4. The van der Waals surface area contributed by atoms with Crippen molar-refractivity contribution in [2.45, 2.75) is 13.0 Å². The number of benzene rings is 1. The van der Waals surface area contributed by atoms with E-state index in [-0.39, 0.29) is 5.91 Å². The average Bonchev–Trinajstić information content (AvgIpc) is 3.32. The number of amides is 1. The third-order valence-corrected chi connectivity index (χ3v) is 6.87. The van der Waals surface area contributed by atoms with E-state index >= 15 is 0 Å². The summed E-state index contributed by atoms with van der Waals surface area (Å²) >= 11 is 1.83. The fraction of sp³-hybridized carbons (Fsp3) is 0.400. The van der Waals surface area contributed by atoms with Gasteiger partial charge in [0.1, 0.15) is 11.6 Å². The highest BCUT2D eigenvalue weighted by Crippen LogP contribution is 2.31. The number of aromatic nitrogens is 2. The van der Waals surface area contributed by atoms with Crippen molar-refractivity contribution in [2.75, 3.05) is 70.0 Å². The predicted octanol–water partition coefficient (Wildman–Crippen LogP) is 3.28. The Labute approximate surface area is 210 Å². The molecule has 1 aliphatic heterocycles. The molecule has 0 unspecified atom stereocenters. The molecule has 0 saturated carbocycles. The van der Waals surface area contributed by atoms with Gasteiger partial charge >= 0.3 is 0 Å². The van der Waals surface area contributed by atoms with Gasteiger partial charge in [0.05, 0.1) is 19.3 Å². The zero-order valence-corrected chi connectivity index (χ0v) is 21.6. The standard InChI is InChI=1S/C25H33N7O2S/c1-30(2)12-13-31(3)17-24(33)27-19-5-6-20(21(15-19)34-4)28-25-26-10-7-23(29-25)32-11-8-22-18(16-32)9-14-35-22/h5-7,9-10,14-15H,8,11-13,16-17H2,1-4H3,(H,27,33)(H,26,28,29). The van der Waals surface area contributed by atoms with Gasteiger partial charge in [-0.2, -0.15) is 4.98 Å². The number of fused-ring (bicyclic) bond motifs is 1. The molecular formula is C25H33N7O2S. The van der Waals surface area contributed by atoms with Crippen LogP contribution in [0.2, 0.25) is 0 Å². The normalized spacial score (nSPS) is 13.1. The first-order valence-electron chi connectivity index (χ1n) is 11.6. The third kappa shape index (κ3) is 6.68. The summed E-state index contributed by atoms with van der Waals surface area (Å²) in [6, 6.07) is 9.63. The van der Waals surface area contributed by atoms with Crippen LogP contribution in [-0.4, -0.2) is 80.1 Å². The highest BCUT2D eigenvalue weighted by atomic mass is 32.1. The van der Waals surface area contributed by atoms with Gasteiger partial charge < -0.3 is 25.2 Å². The van der Waals surface area contributed by atoms with Crippen LogP contribution in [0.3, 0.4) is 0 Å². The number of rotatable bonds is 10. The van der Waals surface area contributed by atoms with E-state index in [1.807, 2.05) is 55.6 Å². The van der Waals surface area contributed by atoms with E-state index < -0.39 is 0 Å². The lowest BCUT2D eigenvalue weighted by Crippen LogP contribution is -2.34. The van der Waals surface area contributed by atoms with Crippen LogP contribution in [0.15, 0.2) is 41.9 Å². The van der Waals surface area contributed by atoms with Crippen molar-refractivity contribution in [3.05, 3.63) is 52.3 Å². The molecule has 0 aliphatic carbocycles. The Bertz CT molecular complexity index is 1150. The molecule has 35 heavy (non-hydrogen) atoms. The smallest absolute Gasteiger partial charge is 0.238 e. The summed E-state index contributed by atoms with van der Waals surface area (Å²) in [5, 5.41) is 8.36. The third-order valence-electron chi connectivity index (χ3n) is 5.85. The monoisotopic (exact) mass is 495 g/mol. The molecule has 1 amide bonds. The van der Waals surface area contributed by atoms with Gasteiger partial charge in [-0.1, -0.05) is 0 Å². The SMILES string of the molecule is COc1cc(NC(=O)CN(C)CCN(C)C)ccc1Nc1nccc(N2CCc3sccc3C2)n1. The minimum Gasteiger partial charge on any atom is -0.494 e. The summed E-state index contributed by atoms with van der Waals surface area (Å²) in [4.78, 5) is 29.4. The molecule has 0 bridgehead atoms. The fourth-order valence-electron chi connectivity index (χ4n) is 3.92. The molecule has 1 aromatic carbocycles. The van der Waals surface area contributed by atoms with Crippen LogP contribution in [0.4, 0.5) is 23.1 Å². The summed E-state index contributed by atoms with van der Waals surface area (Å²) in [6.45, 7) is 3.83. The number of methoxy groups -OCH3 is 1. The lowest BCUT2D eigenvalue weighted by molar-refractivity contribution is -0.117. The maximum Gasteiger partial charge on any atom is 0.238 e. The molecular weight excluding hydrogens is 462 g/mol. The average molecular weight is 496 g/mol. The first kappa shape index (κ1) is 24.9. The zero-order chi connectivity index (χ0) is 24.8. The van der Waals surface area contributed by atoms with Gasteiger partial charge in [0.15, 0.2) is 0 Å². The van der Waals surface area contributed by atoms with Crippen molar-refractivity contribution < 1.29 is 9.53 Å². The Hall–Kier alpha value is -3.21. The number of thiophene rings is 1. The Morgan fingerprint density at radius 3 is 2.86 bits per heavy atom. The van der Waals surface area contributed by atoms with Crippen LogP contribution in [0.5, 0.6) is 5.75 Å². The van der Waals surface area contributed by atoms with Crippen molar-refractivity contribution in [2.24, 2.45) is 0 Å². The van der Waals surface area contributed by atoms with Gasteiger partial charge in [-0.15, -0.1) is 11.3 Å². The highest BCUT2D eigenvalue weighted by molar-refractivity contribution is 7.10. The van der Waals surface area contributed by atoms with E-state index in [4.69, 9.17) is 9.72 Å². The molecule has 0 saturated heterocycles. The number of carbonyl (C=O) groups excluding carboxylic acids is 1. The minimum atomic E-state index is -0.0691. The van der Waals surface area contributed by atoms with Crippen LogP contribution in [0.25, 0.3) is 0 Å². The molecule has 10 heteroatoms. The second-order valence-corrected chi connectivity index (χ2v) is 9.91. The summed E-state index contributed by atoms with van der Waals surface area (Å²) in [5.41, 5.74) is 2.77. The number of nitrogens with zero attached hydrogens (tertiary/aromatic N) is 5. The fourth-order valence-corrected chi connectivity index (χ4v) is 4.81. The van der Waals surface area contributed by atoms with Gasteiger partial charge in [0, 0.05) is 49.0 Å².